The first-order valence-electron chi connectivity index (χ1n) is 7.38. The normalized spacial score (nSPS) is 12.3. The van der Waals surface area contributed by atoms with Crippen LogP contribution in [-0.4, -0.2) is 34.6 Å². The number of nitrogens with one attached hydrogen (secondary N) is 2. The Labute approximate surface area is 121 Å². The molecule has 1 unspecified atom stereocenters. The van der Waals surface area contributed by atoms with Crippen LogP contribution in [-0.2, 0) is 0 Å². The van der Waals surface area contributed by atoms with Crippen molar-refractivity contribution < 1.29 is 4.74 Å². The van der Waals surface area contributed by atoms with Gasteiger partial charge in [-0.3, -0.25) is 0 Å². The fourth-order valence-corrected chi connectivity index (χ4v) is 1.67. The predicted octanol–water partition coefficient (Wildman–Crippen LogP) is 2.94. The average molecular weight is 281 g/mol. The first-order chi connectivity index (χ1) is 9.55. The van der Waals surface area contributed by atoms with Gasteiger partial charge in [0, 0.05) is 13.1 Å². The fourth-order valence-electron chi connectivity index (χ4n) is 1.67. The van der Waals surface area contributed by atoms with Crippen molar-refractivity contribution in [3.8, 4) is 6.01 Å². The molecule has 6 heteroatoms. The minimum atomic E-state index is 0.323. The zero-order chi connectivity index (χ0) is 15.0. The summed E-state index contributed by atoms with van der Waals surface area (Å²) in [5.41, 5.74) is 0. The highest BCUT2D eigenvalue weighted by Crippen LogP contribution is 2.14. The molecule has 0 saturated carbocycles. The Morgan fingerprint density at radius 1 is 1.05 bits per heavy atom. The lowest BCUT2D eigenvalue weighted by atomic mass is 10.0. The van der Waals surface area contributed by atoms with Gasteiger partial charge in [-0.2, -0.15) is 15.0 Å². The van der Waals surface area contributed by atoms with Crippen LogP contribution in [0.2, 0.25) is 0 Å². The Bertz CT molecular complexity index is 397. The van der Waals surface area contributed by atoms with Crippen LogP contribution in [0.3, 0.4) is 0 Å². The van der Waals surface area contributed by atoms with E-state index in [1.807, 2.05) is 6.92 Å². The molecule has 0 spiro atoms. The maximum absolute atomic E-state index is 5.48. The summed E-state index contributed by atoms with van der Waals surface area (Å²) in [4.78, 5) is 12.8. The van der Waals surface area contributed by atoms with Gasteiger partial charge in [0.05, 0.1) is 6.61 Å². The minimum Gasteiger partial charge on any atom is -0.463 e. The molecule has 0 radical (unpaired) electrons. The second kappa shape index (κ2) is 8.55. The van der Waals surface area contributed by atoms with E-state index in [-0.39, 0.29) is 0 Å². The van der Waals surface area contributed by atoms with Crippen molar-refractivity contribution >= 4 is 11.9 Å². The van der Waals surface area contributed by atoms with E-state index in [1.165, 1.54) is 6.42 Å². The van der Waals surface area contributed by atoms with E-state index in [2.05, 4.69) is 46.4 Å². The lowest BCUT2D eigenvalue weighted by Gasteiger charge is -2.15. The van der Waals surface area contributed by atoms with Crippen molar-refractivity contribution in [1.82, 2.24) is 15.0 Å². The summed E-state index contributed by atoms with van der Waals surface area (Å²) < 4.78 is 5.48. The molecule has 1 aromatic heterocycles. The highest BCUT2D eigenvalue weighted by molar-refractivity contribution is 5.35. The van der Waals surface area contributed by atoms with Crippen LogP contribution in [0.1, 0.15) is 47.0 Å². The summed E-state index contributed by atoms with van der Waals surface area (Å²) in [7, 11) is 1.78. The van der Waals surface area contributed by atoms with Crippen LogP contribution in [0, 0.1) is 5.92 Å². The summed E-state index contributed by atoms with van der Waals surface area (Å²) in [6.07, 6.45) is 3.19. The highest BCUT2D eigenvalue weighted by Gasteiger charge is 2.10. The number of ether oxygens (including phenoxy) is 1. The fraction of sp³-hybridized carbons (Fsp3) is 0.786. The molecule has 0 bridgehead atoms. The number of rotatable bonds is 9. The molecule has 0 saturated heterocycles. The third-order valence-electron chi connectivity index (χ3n) is 2.83. The molecule has 0 fully saturated rings. The summed E-state index contributed by atoms with van der Waals surface area (Å²) in [5, 5.41) is 6.23. The van der Waals surface area contributed by atoms with Crippen LogP contribution < -0.4 is 15.4 Å². The average Bonchev–Trinajstić information content (AvgIpc) is 2.42. The highest BCUT2D eigenvalue weighted by atomic mass is 16.5. The SMILES string of the molecule is CCCOc1nc(NC)nc(NC(C)CCC(C)C)n1. The van der Waals surface area contributed by atoms with Gasteiger partial charge in [-0.05, 0) is 32.1 Å². The van der Waals surface area contributed by atoms with Crippen LogP contribution in [0.5, 0.6) is 6.01 Å². The van der Waals surface area contributed by atoms with E-state index in [0.717, 1.165) is 12.8 Å². The molecule has 1 atom stereocenters. The molecular formula is C14H27N5O. The Hall–Kier alpha value is -1.59. The van der Waals surface area contributed by atoms with Gasteiger partial charge in [0.15, 0.2) is 0 Å². The maximum Gasteiger partial charge on any atom is 0.323 e. The van der Waals surface area contributed by atoms with Gasteiger partial charge in [0.25, 0.3) is 0 Å². The van der Waals surface area contributed by atoms with Crippen LogP contribution >= 0.6 is 0 Å². The Morgan fingerprint density at radius 2 is 1.75 bits per heavy atom. The number of nitrogens with zero attached hydrogens (tertiary/aromatic N) is 3. The van der Waals surface area contributed by atoms with Crippen LogP contribution in [0.25, 0.3) is 0 Å². The molecule has 6 nitrogen and oxygen atoms in total. The Morgan fingerprint density at radius 3 is 2.35 bits per heavy atom. The molecule has 0 amide bonds. The monoisotopic (exact) mass is 281 g/mol. The minimum absolute atomic E-state index is 0.323. The molecule has 0 aliphatic rings. The molecule has 0 aliphatic heterocycles. The molecular weight excluding hydrogens is 254 g/mol. The quantitative estimate of drug-likeness (QED) is 0.725. The Kier molecular flexibility index (Phi) is 7.04. The topological polar surface area (TPSA) is 72.0 Å². The second-order valence-electron chi connectivity index (χ2n) is 5.38. The van der Waals surface area contributed by atoms with Crippen molar-refractivity contribution in [3.63, 3.8) is 0 Å². The van der Waals surface area contributed by atoms with Gasteiger partial charge in [-0.15, -0.1) is 0 Å². The molecule has 2 N–H and O–H groups in total. The zero-order valence-corrected chi connectivity index (χ0v) is 13.2. The van der Waals surface area contributed by atoms with Crippen molar-refractivity contribution in [2.24, 2.45) is 5.92 Å². The van der Waals surface area contributed by atoms with E-state index in [9.17, 15) is 0 Å². The molecule has 1 rings (SSSR count). The molecule has 1 aromatic rings. The van der Waals surface area contributed by atoms with Gasteiger partial charge >= 0.3 is 6.01 Å². The molecule has 0 aliphatic carbocycles. The van der Waals surface area contributed by atoms with Crippen molar-refractivity contribution in [1.29, 1.82) is 0 Å². The van der Waals surface area contributed by atoms with Gasteiger partial charge in [0.1, 0.15) is 0 Å². The number of hydrogen-bond donors (Lipinski definition) is 2. The van der Waals surface area contributed by atoms with E-state index >= 15 is 0 Å². The third kappa shape index (κ3) is 6.04. The van der Waals surface area contributed by atoms with Gasteiger partial charge in [-0.25, -0.2) is 0 Å². The van der Waals surface area contributed by atoms with E-state index in [1.54, 1.807) is 7.05 Å². The molecule has 1 heterocycles. The second-order valence-corrected chi connectivity index (χ2v) is 5.38. The van der Waals surface area contributed by atoms with E-state index < -0.39 is 0 Å². The summed E-state index contributed by atoms with van der Waals surface area (Å²) >= 11 is 0. The van der Waals surface area contributed by atoms with Crippen LogP contribution in [0.4, 0.5) is 11.9 Å². The standard InChI is InChI=1S/C14H27N5O/c1-6-9-20-14-18-12(15-5)17-13(19-14)16-11(4)8-7-10(2)3/h10-11H,6-9H2,1-5H3,(H2,15,16,17,18,19). The maximum atomic E-state index is 5.48. The smallest absolute Gasteiger partial charge is 0.323 e. The van der Waals surface area contributed by atoms with Crippen molar-refractivity contribution in [2.45, 2.75) is 53.0 Å². The summed E-state index contributed by atoms with van der Waals surface area (Å²) in [6.45, 7) is 9.25. The van der Waals surface area contributed by atoms with Crippen molar-refractivity contribution in [3.05, 3.63) is 0 Å². The Balaban J connectivity index is 2.67. The number of aromatic nitrogens is 3. The van der Waals surface area contributed by atoms with Gasteiger partial charge in [-0.1, -0.05) is 20.8 Å². The van der Waals surface area contributed by atoms with E-state index in [0.29, 0.717) is 36.5 Å². The lowest BCUT2D eigenvalue weighted by molar-refractivity contribution is 0.292. The molecule has 114 valence electrons. The van der Waals surface area contributed by atoms with Gasteiger partial charge < -0.3 is 15.4 Å². The number of anilines is 2. The zero-order valence-electron chi connectivity index (χ0n) is 13.2. The van der Waals surface area contributed by atoms with Gasteiger partial charge in [0.2, 0.25) is 11.9 Å². The van der Waals surface area contributed by atoms with Crippen LogP contribution in [0.15, 0.2) is 0 Å². The largest absolute Gasteiger partial charge is 0.463 e. The summed E-state index contributed by atoms with van der Waals surface area (Å²) in [5.74, 6) is 1.78. The predicted molar refractivity (Wildman–Crippen MR) is 82.3 cm³/mol. The first kappa shape index (κ1) is 16.5. The summed E-state index contributed by atoms with van der Waals surface area (Å²) in [6, 6.07) is 0.688. The van der Waals surface area contributed by atoms with Crippen molar-refractivity contribution in [2.75, 3.05) is 24.3 Å². The number of hydrogen-bond acceptors (Lipinski definition) is 6. The molecule has 0 aromatic carbocycles. The first-order valence-corrected chi connectivity index (χ1v) is 7.38. The van der Waals surface area contributed by atoms with E-state index in [4.69, 9.17) is 4.74 Å². The lowest BCUT2D eigenvalue weighted by Crippen LogP contribution is -2.19. The third-order valence-corrected chi connectivity index (χ3v) is 2.83. The molecule has 20 heavy (non-hydrogen) atoms.